The Labute approximate surface area is 108 Å². The fraction of sp³-hybridized carbons (Fsp3) is 0.846. The SMILES string of the molecule is NC1(CC(=O)NCCC(=O)NC2CC2)CCCC1. The van der Waals surface area contributed by atoms with Crippen molar-refractivity contribution in [2.45, 2.75) is 62.9 Å². The molecule has 5 nitrogen and oxygen atoms in total. The van der Waals surface area contributed by atoms with E-state index < -0.39 is 0 Å². The second kappa shape index (κ2) is 5.69. The minimum Gasteiger partial charge on any atom is -0.356 e. The third kappa shape index (κ3) is 4.29. The van der Waals surface area contributed by atoms with Gasteiger partial charge in [0.15, 0.2) is 0 Å². The van der Waals surface area contributed by atoms with E-state index in [4.69, 9.17) is 5.73 Å². The second-order valence-corrected chi connectivity index (χ2v) is 5.69. The molecular formula is C13H23N3O2. The topological polar surface area (TPSA) is 84.2 Å². The monoisotopic (exact) mass is 253 g/mol. The first-order chi connectivity index (χ1) is 8.57. The molecule has 0 saturated heterocycles. The first-order valence-corrected chi connectivity index (χ1v) is 6.92. The van der Waals surface area contributed by atoms with Crippen LogP contribution in [0.5, 0.6) is 0 Å². The Morgan fingerprint density at radius 3 is 2.44 bits per heavy atom. The van der Waals surface area contributed by atoms with Crippen molar-refractivity contribution >= 4 is 11.8 Å². The standard InChI is InChI=1S/C13H23N3O2/c14-13(6-1-2-7-13)9-12(18)15-8-5-11(17)16-10-3-4-10/h10H,1-9,14H2,(H,15,18)(H,16,17). The number of rotatable bonds is 6. The molecule has 0 atom stereocenters. The maximum Gasteiger partial charge on any atom is 0.221 e. The summed E-state index contributed by atoms with van der Waals surface area (Å²) in [6.07, 6.45) is 7.03. The Morgan fingerprint density at radius 1 is 1.17 bits per heavy atom. The molecule has 2 saturated carbocycles. The van der Waals surface area contributed by atoms with Crippen molar-refractivity contribution in [3.8, 4) is 0 Å². The molecule has 5 heteroatoms. The van der Waals surface area contributed by atoms with Crippen molar-refractivity contribution < 1.29 is 9.59 Å². The summed E-state index contributed by atoms with van der Waals surface area (Å²) in [6, 6.07) is 0.388. The van der Waals surface area contributed by atoms with Crippen LogP contribution in [0, 0.1) is 0 Å². The molecule has 18 heavy (non-hydrogen) atoms. The van der Waals surface area contributed by atoms with E-state index >= 15 is 0 Å². The fourth-order valence-corrected chi connectivity index (χ4v) is 2.48. The Morgan fingerprint density at radius 2 is 1.83 bits per heavy atom. The molecular weight excluding hydrogens is 230 g/mol. The van der Waals surface area contributed by atoms with Gasteiger partial charge in [0.1, 0.15) is 0 Å². The van der Waals surface area contributed by atoms with Crippen molar-refractivity contribution in [2.24, 2.45) is 5.73 Å². The lowest BCUT2D eigenvalue weighted by molar-refractivity contribution is -0.123. The molecule has 2 amide bonds. The minimum absolute atomic E-state index is 0.0288. The van der Waals surface area contributed by atoms with Crippen LogP contribution in [0.15, 0.2) is 0 Å². The van der Waals surface area contributed by atoms with E-state index in [0.717, 1.165) is 38.5 Å². The highest BCUT2D eigenvalue weighted by molar-refractivity contribution is 5.79. The first-order valence-electron chi connectivity index (χ1n) is 6.92. The van der Waals surface area contributed by atoms with Crippen molar-refractivity contribution in [1.82, 2.24) is 10.6 Å². The molecule has 0 radical (unpaired) electrons. The number of carbonyl (C=O) groups is 2. The predicted octanol–water partition coefficient (Wildman–Crippen LogP) is 0.433. The van der Waals surface area contributed by atoms with Gasteiger partial charge in [0.25, 0.3) is 0 Å². The van der Waals surface area contributed by atoms with Crippen molar-refractivity contribution in [3.63, 3.8) is 0 Å². The molecule has 0 aliphatic heterocycles. The zero-order valence-corrected chi connectivity index (χ0v) is 10.8. The lowest BCUT2D eigenvalue weighted by Crippen LogP contribution is -2.42. The van der Waals surface area contributed by atoms with Gasteiger partial charge < -0.3 is 16.4 Å². The lowest BCUT2D eigenvalue weighted by Gasteiger charge is -2.22. The van der Waals surface area contributed by atoms with Gasteiger partial charge in [-0.15, -0.1) is 0 Å². The summed E-state index contributed by atoms with van der Waals surface area (Å²) in [5, 5.41) is 5.67. The van der Waals surface area contributed by atoms with E-state index in [0.29, 0.717) is 25.4 Å². The van der Waals surface area contributed by atoms with E-state index in [-0.39, 0.29) is 17.4 Å². The highest BCUT2D eigenvalue weighted by atomic mass is 16.2. The normalized spacial score (nSPS) is 21.6. The number of hydrogen-bond acceptors (Lipinski definition) is 3. The molecule has 0 bridgehead atoms. The van der Waals surface area contributed by atoms with Crippen LogP contribution in [0.25, 0.3) is 0 Å². The maximum absolute atomic E-state index is 11.7. The smallest absolute Gasteiger partial charge is 0.221 e. The molecule has 2 fully saturated rings. The van der Waals surface area contributed by atoms with E-state index in [1.165, 1.54) is 0 Å². The highest BCUT2D eigenvalue weighted by Gasteiger charge is 2.31. The average Bonchev–Trinajstić information content (AvgIpc) is 2.99. The highest BCUT2D eigenvalue weighted by Crippen LogP contribution is 2.29. The Bertz CT molecular complexity index is 320. The number of nitrogens with two attached hydrogens (primary N) is 1. The molecule has 0 aromatic carbocycles. The molecule has 2 aliphatic carbocycles. The van der Waals surface area contributed by atoms with Gasteiger partial charge in [0.05, 0.1) is 0 Å². The fourth-order valence-electron chi connectivity index (χ4n) is 2.48. The summed E-state index contributed by atoms with van der Waals surface area (Å²) in [7, 11) is 0. The molecule has 4 N–H and O–H groups in total. The number of amides is 2. The van der Waals surface area contributed by atoms with E-state index in [1.54, 1.807) is 0 Å². The summed E-state index contributed by atoms with van der Waals surface area (Å²) in [5.41, 5.74) is 5.82. The third-order valence-corrected chi connectivity index (χ3v) is 3.73. The molecule has 0 aromatic heterocycles. The summed E-state index contributed by atoms with van der Waals surface area (Å²) in [4.78, 5) is 23.1. The molecule has 2 aliphatic rings. The molecule has 0 heterocycles. The third-order valence-electron chi connectivity index (χ3n) is 3.73. The van der Waals surface area contributed by atoms with Crippen molar-refractivity contribution in [2.75, 3.05) is 6.54 Å². The summed E-state index contributed by atoms with van der Waals surface area (Å²) >= 11 is 0. The van der Waals surface area contributed by atoms with E-state index in [2.05, 4.69) is 10.6 Å². The van der Waals surface area contributed by atoms with Crippen LogP contribution in [0.1, 0.15) is 51.4 Å². The maximum atomic E-state index is 11.7. The minimum atomic E-state index is -0.305. The van der Waals surface area contributed by atoms with Gasteiger partial charge in [0.2, 0.25) is 11.8 Å². The Balaban J connectivity index is 1.57. The van der Waals surface area contributed by atoms with Gasteiger partial charge in [-0.05, 0) is 25.7 Å². The zero-order valence-electron chi connectivity index (χ0n) is 10.8. The van der Waals surface area contributed by atoms with Gasteiger partial charge in [-0.25, -0.2) is 0 Å². The zero-order chi connectivity index (χ0) is 13.0. The quantitative estimate of drug-likeness (QED) is 0.642. The summed E-state index contributed by atoms with van der Waals surface area (Å²) in [5.74, 6) is -0.000231. The average molecular weight is 253 g/mol. The van der Waals surface area contributed by atoms with Gasteiger partial charge >= 0.3 is 0 Å². The van der Waals surface area contributed by atoms with Crippen LogP contribution in [0.4, 0.5) is 0 Å². The summed E-state index contributed by atoms with van der Waals surface area (Å²) in [6.45, 7) is 0.410. The van der Waals surface area contributed by atoms with Crippen LogP contribution >= 0.6 is 0 Å². The van der Waals surface area contributed by atoms with Crippen LogP contribution in [-0.2, 0) is 9.59 Å². The number of carbonyl (C=O) groups excluding carboxylic acids is 2. The van der Waals surface area contributed by atoms with Gasteiger partial charge in [0, 0.05) is 31.0 Å². The van der Waals surface area contributed by atoms with E-state index in [1.807, 2.05) is 0 Å². The number of nitrogens with one attached hydrogen (secondary N) is 2. The first kappa shape index (κ1) is 13.3. The second-order valence-electron chi connectivity index (χ2n) is 5.69. The van der Waals surface area contributed by atoms with Crippen LogP contribution in [0.2, 0.25) is 0 Å². The van der Waals surface area contributed by atoms with Crippen molar-refractivity contribution in [3.05, 3.63) is 0 Å². The Hall–Kier alpha value is -1.10. The molecule has 0 unspecified atom stereocenters. The molecule has 0 spiro atoms. The Kier molecular flexibility index (Phi) is 4.22. The van der Waals surface area contributed by atoms with Gasteiger partial charge in [-0.1, -0.05) is 12.8 Å². The van der Waals surface area contributed by atoms with Crippen molar-refractivity contribution in [1.29, 1.82) is 0 Å². The van der Waals surface area contributed by atoms with Crippen LogP contribution in [-0.4, -0.2) is 29.9 Å². The molecule has 2 rings (SSSR count). The number of hydrogen-bond donors (Lipinski definition) is 3. The molecule has 0 aromatic rings. The van der Waals surface area contributed by atoms with Crippen LogP contribution in [0.3, 0.4) is 0 Å². The predicted molar refractivity (Wildman–Crippen MR) is 68.8 cm³/mol. The largest absolute Gasteiger partial charge is 0.356 e. The molecule has 102 valence electrons. The van der Waals surface area contributed by atoms with Gasteiger partial charge in [-0.2, -0.15) is 0 Å². The lowest BCUT2D eigenvalue weighted by atomic mass is 9.94. The summed E-state index contributed by atoms with van der Waals surface area (Å²) < 4.78 is 0. The van der Waals surface area contributed by atoms with Crippen LogP contribution < -0.4 is 16.4 Å². The van der Waals surface area contributed by atoms with Gasteiger partial charge in [-0.3, -0.25) is 9.59 Å². The van der Waals surface area contributed by atoms with E-state index in [9.17, 15) is 9.59 Å².